The summed E-state index contributed by atoms with van der Waals surface area (Å²) in [5.41, 5.74) is 3.33. The van der Waals surface area contributed by atoms with Gasteiger partial charge in [-0.2, -0.15) is 0 Å². The minimum Gasteiger partial charge on any atom is -0.462 e. The second-order valence-electron chi connectivity index (χ2n) is 7.61. The molecule has 0 spiro atoms. The van der Waals surface area contributed by atoms with E-state index in [0.717, 1.165) is 5.56 Å². The van der Waals surface area contributed by atoms with E-state index in [1.54, 1.807) is 44.2 Å². The smallest absolute Gasteiger partial charge is 0.341 e. The highest BCUT2D eigenvalue weighted by atomic mass is 35.5. The van der Waals surface area contributed by atoms with Gasteiger partial charge >= 0.3 is 5.97 Å². The molecule has 2 aromatic carbocycles. The fraction of sp³-hybridized carbons (Fsp3) is 0.167. The number of esters is 1. The van der Waals surface area contributed by atoms with Gasteiger partial charge in [0.1, 0.15) is 5.56 Å². The van der Waals surface area contributed by atoms with Crippen LogP contribution in [0.3, 0.4) is 0 Å². The molecule has 4 rings (SSSR count). The number of hydrogen-bond acceptors (Lipinski definition) is 8. The fourth-order valence-corrected chi connectivity index (χ4v) is 4.52. The van der Waals surface area contributed by atoms with E-state index in [1.807, 2.05) is 6.92 Å². The molecule has 0 saturated heterocycles. The van der Waals surface area contributed by atoms with Gasteiger partial charge in [0.25, 0.3) is 10.0 Å². The second-order valence-corrected chi connectivity index (χ2v) is 9.70. The first-order chi connectivity index (χ1) is 16.7. The maximum Gasteiger partial charge on any atom is 0.341 e. The summed E-state index contributed by atoms with van der Waals surface area (Å²) >= 11 is 6.26. The van der Waals surface area contributed by atoms with E-state index in [2.05, 4.69) is 25.0 Å². The molecule has 2 N–H and O–H groups in total. The van der Waals surface area contributed by atoms with E-state index in [9.17, 15) is 13.2 Å². The zero-order valence-electron chi connectivity index (χ0n) is 19.2. The van der Waals surface area contributed by atoms with Crippen molar-refractivity contribution in [3.05, 3.63) is 76.7 Å². The van der Waals surface area contributed by atoms with Crippen molar-refractivity contribution >= 4 is 55.8 Å². The highest BCUT2D eigenvalue weighted by Gasteiger charge is 2.20. The monoisotopic (exact) mass is 511 g/mol. The molecule has 0 saturated carbocycles. The van der Waals surface area contributed by atoms with Crippen molar-refractivity contribution < 1.29 is 17.9 Å². The van der Waals surface area contributed by atoms with Crippen molar-refractivity contribution in [2.24, 2.45) is 0 Å². The normalized spacial score (nSPS) is 11.3. The minimum atomic E-state index is -3.90. The van der Waals surface area contributed by atoms with Crippen LogP contribution < -0.4 is 10.0 Å². The van der Waals surface area contributed by atoms with Crippen LogP contribution in [-0.2, 0) is 14.8 Å². The van der Waals surface area contributed by atoms with Crippen LogP contribution in [0.25, 0.3) is 10.9 Å². The minimum absolute atomic E-state index is 0.0106. The third kappa shape index (κ3) is 5.18. The van der Waals surface area contributed by atoms with E-state index in [1.165, 1.54) is 24.5 Å². The number of carbonyl (C=O) groups is 1. The van der Waals surface area contributed by atoms with E-state index >= 15 is 0 Å². The maximum absolute atomic E-state index is 12.7. The molecule has 0 aliphatic rings. The Morgan fingerprint density at radius 1 is 1.06 bits per heavy atom. The molecule has 9 nitrogen and oxygen atoms in total. The Balaban J connectivity index is 1.69. The number of aromatic nitrogens is 3. The van der Waals surface area contributed by atoms with Gasteiger partial charge in [0.05, 0.1) is 22.7 Å². The Labute approximate surface area is 207 Å². The Bertz CT molecular complexity index is 1530. The molecule has 0 atom stereocenters. The lowest BCUT2D eigenvalue weighted by Gasteiger charge is -2.16. The zero-order chi connectivity index (χ0) is 25.2. The molecule has 0 amide bonds. The summed E-state index contributed by atoms with van der Waals surface area (Å²) in [6.45, 7) is 5.51. The van der Waals surface area contributed by atoms with Crippen LogP contribution in [0.4, 0.5) is 17.3 Å². The molecule has 0 aliphatic carbocycles. The summed E-state index contributed by atoms with van der Waals surface area (Å²) in [6, 6.07) is 11.2. The number of pyridine rings is 1. The molecule has 2 heterocycles. The fourth-order valence-electron chi connectivity index (χ4n) is 3.42. The van der Waals surface area contributed by atoms with Crippen molar-refractivity contribution in [1.82, 2.24) is 15.0 Å². The average molecular weight is 512 g/mol. The Morgan fingerprint density at radius 2 is 1.80 bits per heavy atom. The van der Waals surface area contributed by atoms with Gasteiger partial charge in [0.15, 0.2) is 0 Å². The number of carbonyl (C=O) groups excluding carboxylic acids is 1. The van der Waals surface area contributed by atoms with E-state index in [-0.39, 0.29) is 23.0 Å². The number of halogens is 1. The first-order valence-electron chi connectivity index (χ1n) is 10.6. The van der Waals surface area contributed by atoms with Crippen LogP contribution in [0.5, 0.6) is 0 Å². The molecule has 0 unspecified atom stereocenters. The number of nitrogens with zero attached hydrogens (tertiary/aromatic N) is 3. The van der Waals surface area contributed by atoms with Crippen LogP contribution in [0.15, 0.2) is 59.8 Å². The first-order valence-corrected chi connectivity index (χ1v) is 12.5. The molecule has 4 aromatic rings. The van der Waals surface area contributed by atoms with Crippen LogP contribution in [0.2, 0.25) is 5.02 Å². The third-order valence-electron chi connectivity index (χ3n) is 5.18. The topological polar surface area (TPSA) is 123 Å². The van der Waals surface area contributed by atoms with Crippen molar-refractivity contribution in [3.63, 3.8) is 0 Å². The van der Waals surface area contributed by atoms with Gasteiger partial charge in [-0.05, 0) is 68.8 Å². The summed E-state index contributed by atoms with van der Waals surface area (Å²) in [5.74, 6) is -0.540. The summed E-state index contributed by atoms with van der Waals surface area (Å²) in [6.07, 6.45) is 2.92. The van der Waals surface area contributed by atoms with Gasteiger partial charge in [-0.25, -0.2) is 27.9 Å². The van der Waals surface area contributed by atoms with Crippen molar-refractivity contribution in [3.8, 4) is 0 Å². The highest BCUT2D eigenvalue weighted by Crippen LogP contribution is 2.34. The van der Waals surface area contributed by atoms with E-state index in [0.29, 0.717) is 33.0 Å². The largest absolute Gasteiger partial charge is 0.462 e. The van der Waals surface area contributed by atoms with Gasteiger partial charge in [-0.3, -0.25) is 4.98 Å². The van der Waals surface area contributed by atoms with Crippen molar-refractivity contribution in [1.29, 1.82) is 0 Å². The second kappa shape index (κ2) is 9.85. The lowest BCUT2D eigenvalue weighted by Crippen LogP contribution is -2.15. The number of rotatable bonds is 7. The Hall–Kier alpha value is -3.76. The average Bonchev–Trinajstić information content (AvgIpc) is 2.82. The molecule has 0 fully saturated rings. The number of nitrogens with one attached hydrogen (secondary N) is 2. The van der Waals surface area contributed by atoms with Gasteiger partial charge in [0, 0.05) is 34.2 Å². The number of benzene rings is 2. The van der Waals surface area contributed by atoms with Crippen LogP contribution in [-0.4, -0.2) is 35.9 Å². The number of ether oxygens (including phenoxy) is 1. The van der Waals surface area contributed by atoms with Gasteiger partial charge in [-0.1, -0.05) is 11.6 Å². The lowest BCUT2D eigenvalue weighted by atomic mass is 10.1. The number of fused-ring (bicyclic) bond motifs is 1. The number of hydrogen-bond donors (Lipinski definition) is 2. The molecule has 0 aliphatic heterocycles. The summed E-state index contributed by atoms with van der Waals surface area (Å²) < 4.78 is 33.1. The summed E-state index contributed by atoms with van der Waals surface area (Å²) in [4.78, 5) is 25.1. The molecular formula is C24H22ClN5O4S. The van der Waals surface area contributed by atoms with Crippen LogP contribution in [0.1, 0.15) is 28.5 Å². The molecule has 0 bridgehead atoms. The van der Waals surface area contributed by atoms with Gasteiger partial charge in [-0.15, -0.1) is 0 Å². The predicted molar refractivity (Wildman–Crippen MR) is 135 cm³/mol. The Kier molecular flexibility index (Phi) is 6.86. The molecular weight excluding hydrogens is 490 g/mol. The molecule has 0 radical (unpaired) electrons. The molecule has 11 heteroatoms. The lowest BCUT2D eigenvalue weighted by molar-refractivity contribution is 0.0527. The van der Waals surface area contributed by atoms with E-state index < -0.39 is 16.0 Å². The van der Waals surface area contributed by atoms with Crippen LogP contribution >= 0.6 is 11.6 Å². The number of anilines is 3. The molecule has 180 valence electrons. The number of sulfonamides is 1. The van der Waals surface area contributed by atoms with Crippen LogP contribution in [0, 0.1) is 13.8 Å². The molecule has 35 heavy (non-hydrogen) atoms. The summed E-state index contributed by atoms with van der Waals surface area (Å²) in [5, 5.41) is 4.44. The van der Waals surface area contributed by atoms with Gasteiger partial charge in [0.2, 0.25) is 5.95 Å². The van der Waals surface area contributed by atoms with Crippen molar-refractivity contribution in [2.45, 2.75) is 25.7 Å². The van der Waals surface area contributed by atoms with Gasteiger partial charge < -0.3 is 10.1 Å². The Morgan fingerprint density at radius 3 is 2.49 bits per heavy atom. The quantitative estimate of drug-likeness (QED) is 0.332. The molecule has 2 aromatic heterocycles. The maximum atomic E-state index is 12.7. The van der Waals surface area contributed by atoms with E-state index in [4.69, 9.17) is 16.3 Å². The van der Waals surface area contributed by atoms with Crippen molar-refractivity contribution in [2.75, 3.05) is 16.6 Å². The zero-order valence-corrected chi connectivity index (χ0v) is 20.7. The standard InChI is InChI=1S/C24H22ClN5O4S/c1-4-34-23(31)19-13-27-21-15(3)20(25)10-9-18(21)22(19)29-16-5-7-17(8-6-16)35(32,33)30-24-26-12-11-14(2)28-24/h5-13H,4H2,1-3H3,(H,27,29)(H,26,28,30). The first kappa shape index (κ1) is 24.4. The highest BCUT2D eigenvalue weighted by molar-refractivity contribution is 7.92. The third-order valence-corrected chi connectivity index (χ3v) is 6.93. The number of aryl methyl sites for hydroxylation is 2. The SMILES string of the molecule is CCOC(=O)c1cnc2c(C)c(Cl)ccc2c1Nc1ccc(S(=O)(=O)Nc2nccc(C)n2)cc1. The predicted octanol–water partition coefficient (Wildman–Crippen LogP) is 5.02. The summed E-state index contributed by atoms with van der Waals surface area (Å²) in [7, 11) is -3.90.